The quantitative estimate of drug-likeness (QED) is 0.682. The van der Waals surface area contributed by atoms with E-state index in [1.165, 1.54) is 0 Å². The van der Waals surface area contributed by atoms with Gasteiger partial charge in [-0.2, -0.15) is 0 Å². The number of para-hydroxylation sites is 1. The molecule has 2 amide bonds. The van der Waals surface area contributed by atoms with Crippen molar-refractivity contribution in [3.63, 3.8) is 0 Å². The van der Waals surface area contributed by atoms with E-state index in [1.807, 2.05) is 48.5 Å². The Kier molecular flexibility index (Phi) is 6.75. The highest BCUT2D eigenvalue weighted by molar-refractivity contribution is 5.99. The van der Waals surface area contributed by atoms with Crippen molar-refractivity contribution >= 4 is 23.2 Å². The van der Waals surface area contributed by atoms with Crippen molar-refractivity contribution in [3.8, 4) is 5.75 Å². The van der Waals surface area contributed by atoms with Gasteiger partial charge in [-0.25, -0.2) is 0 Å². The van der Waals surface area contributed by atoms with Crippen LogP contribution in [0.25, 0.3) is 0 Å². The Morgan fingerprint density at radius 2 is 1.66 bits per heavy atom. The number of nitrogens with zero attached hydrogens (tertiary/aromatic N) is 1. The Balaban J connectivity index is 1.49. The molecule has 2 aromatic rings. The van der Waals surface area contributed by atoms with Gasteiger partial charge in [-0.1, -0.05) is 18.2 Å². The number of carbonyl (C=O) groups excluding carboxylic acids is 2. The van der Waals surface area contributed by atoms with Crippen LogP contribution in [0, 0.1) is 11.8 Å². The number of methoxy groups -OCH3 is 1. The van der Waals surface area contributed by atoms with Crippen molar-refractivity contribution in [2.75, 3.05) is 30.4 Å². The minimum Gasteiger partial charge on any atom is -0.496 e. The molecule has 0 aliphatic heterocycles. The van der Waals surface area contributed by atoms with E-state index in [1.54, 1.807) is 7.11 Å². The third-order valence-corrected chi connectivity index (χ3v) is 5.37. The van der Waals surface area contributed by atoms with Crippen molar-refractivity contribution in [2.45, 2.75) is 26.8 Å². The molecule has 2 atom stereocenters. The van der Waals surface area contributed by atoms with Crippen molar-refractivity contribution in [1.82, 2.24) is 5.32 Å². The Morgan fingerprint density at radius 1 is 1.00 bits per heavy atom. The van der Waals surface area contributed by atoms with E-state index in [0.29, 0.717) is 13.0 Å². The summed E-state index contributed by atoms with van der Waals surface area (Å²) in [5.74, 6) is 0.0202. The van der Waals surface area contributed by atoms with E-state index in [9.17, 15) is 9.59 Å². The second-order valence-corrected chi connectivity index (χ2v) is 7.19. The maximum atomic E-state index is 12.5. The van der Waals surface area contributed by atoms with E-state index < -0.39 is 0 Å². The lowest BCUT2D eigenvalue weighted by Gasteiger charge is -2.21. The van der Waals surface area contributed by atoms with Crippen LogP contribution in [0.2, 0.25) is 0 Å². The first-order chi connectivity index (χ1) is 14.1. The summed E-state index contributed by atoms with van der Waals surface area (Å²) >= 11 is 0. The van der Waals surface area contributed by atoms with Gasteiger partial charge in [0.15, 0.2) is 0 Å². The third-order valence-electron chi connectivity index (χ3n) is 5.37. The van der Waals surface area contributed by atoms with Crippen LogP contribution in [0.4, 0.5) is 11.4 Å². The number of amides is 2. The molecule has 0 aromatic heterocycles. The Hall–Kier alpha value is -3.02. The van der Waals surface area contributed by atoms with E-state index in [0.717, 1.165) is 35.8 Å². The number of hydrogen-bond donors (Lipinski definition) is 2. The van der Waals surface area contributed by atoms with Crippen LogP contribution in [0.15, 0.2) is 48.5 Å². The molecule has 0 bridgehead atoms. The van der Waals surface area contributed by atoms with Gasteiger partial charge < -0.3 is 20.3 Å². The lowest BCUT2D eigenvalue weighted by Crippen LogP contribution is -2.27. The minimum atomic E-state index is -0.268. The molecule has 2 unspecified atom stereocenters. The second-order valence-electron chi connectivity index (χ2n) is 7.19. The number of carbonyl (C=O) groups is 2. The number of hydrogen-bond acceptors (Lipinski definition) is 4. The molecule has 1 saturated carbocycles. The van der Waals surface area contributed by atoms with Gasteiger partial charge in [0.2, 0.25) is 11.8 Å². The van der Waals surface area contributed by atoms with Crippen LogP contribution in [0.5, 0.6) is 5.75 Å². The van der Waals surface area contributed by atoms with Crippen LogP contribution >= 0.6 is 0 Å². The number of rotatable bonds is 9. The van der Waals surface area contributed by atoms with Gasteiger partial charge in [-0.3, -0.25) is 9.59 Å². The first-order valence-corrected chi connectivity index (χ1v) is 10.1. The van der Waals surface area contributed by atoms with Gasteiger partial charge >= 0.3 is 0 Å². The minimum absolute atomic E-state index is 0.0899. The summed E-state index contributed by atoms with van der Waals surface area (Å²) in [5.41, 5.74) is 2.80. The van der Waals surface area contributed by atoms with Gasteiger partial charge in [0.1, 0.15) is 5.75 Å². The van der Waals surface area contributed by atoms with Crippen molar-refractivity contribution in [1.29, 1.82) is 0 Å². The fraction of sp³-hybridized carbons (Fsp3) is 0.391. The molecule has 3 rings (SSSR count). The fourth-order valence-corrected chi connectivity index (χ4v) is 3.52. The van der Waals surface area contributed by atoms with E-state index in [-0.39, 0.29) is 23.7 Å². The molecule has 1 aliphatic rings. The molecule has 0 saturated heterocycles. The molecule has 2 aromatic carbocycles. The Morgan fingerprint density at radius 3 is 2.31 bits per heavy atom. The predicted molar refractivity (Wildman–Crippen MR) is 115 cm³/mol. The zero-order valence-electron chi connectivity index (χ0n) is 17.3. The van der Waals surface area contributed by atoms with E-state index in [4.69, 9.17) is 4.74 Å². The monoisotopic (exact) mass is 395 g/mol. The van der Waals surface area contributed by atoms with Crippen molar-refractivity contribution in [2.24, 2.45) is 11.8 Å². The average Bonchev–Trinajstić information content (AvgIpc) is 3.55. The molecule has 1 fully saturated rings. The molecule has 0 heterocycles. The lowest BCUT2D eigenvalue weighted by molar-refractivity contribution is -0.125. The van der Waals surface area contributed by atoms with Crippen molar-refractivity contribution in [3.05, 3.63) is 54.1 Å². The molecule has 2 N–H and O–H groups in total. The largest absolute Gasteiger partial charge is 0.496 e. The van der Waals surface area contributed by atoms with Gasteiger partial charge in [-0.15, -0.1) is 0 Å². The molecule has 6 nitrogen and oxygen atoms in total. The standard InChI is InChI=1S/C23H29N3O3/c1-4-26(5-2)18-12-10-17(11-13-18)25-23(28)20-14-19(20)22(27)24-15-16-8-6-7-9-21(16)29-3/h6-13,19-20H,4-5,14-15H2,1-3H3,(H,24,27)(H,25,28). The zero-order valence-corrected chi connectivity index (χ0v) is 17.3. The normalized spacial score (nSPS) is 17.3. The first-order valence-electron chi connectivity index (χ1n) is 10.1. The average molecular weight is 396 g/mol. The van der Waals surface area contributed by atoms with Crippen LogP contribution in [0.3, 0.4) is 0 Å². The summed E-state index contributed by atoms with van der Waals surface area (Å²) in [6.07, 6.45) is 0.584. The van der Waals surface area contributed by atoms with Crippen LogP contribution < -0.4 is 20.3 Å². The number of anilines is 2. The highest BCUT2D eigenvalue weighted by Crippen LogP contribution is 2.39. The summed E-state index contributed by atoms with van der Waals surface area (Å²) in [4.78, 5) is 27.1. The maximum Gasteiger partial charge on any atom is 0.228 e. The number of benzene rings is 2. The topological polar surface area (TPSA) is 70.7 Å². The fourth-order valence-electron chi connectivity index (χ4n) is 3.52. The molecular formula is C23H29N3O3. The molecule has 29 heavy (non-hydrogen) atoms. The first kappa shape index (κ1) is 20.7. The number of ether oxygens (including phenoxy) is 1. The molecule has 1 aliphatic carbocycles. The third kappa shape index (κ3) is 5.08. The SMILES string of the molecule is CCN(CC)c1ccc(NC(=O)C2CC2C(=O)NCc2ccccc2OC)cc1. The highest BCUT2D eigenvalue weighted by Gasteiger charge is 2.47. The van der Waals surface area contributed by atoms with Crippen LogP contribution in [-0.2, 0) is 16.1 Å². The lowest BCUT2D eigenvalue weighted by atomic mass is 10.2. The van der Waals surface area contributed by atoms with Gasteiger partial charge in [0, 0.05) is 36.6 Å². The summed E-state index contributed by atoms with van der Waals surface area (Å²) in [6, 6.07) is 15.4. The van der Waals surface area contributed by atoms with Gasteiger partial charge in [0.05, 0.1) is 18.9 Å². The molecule has 0 spiro atoms. The smallest absolute Gasteiger partial charge is 0.228 e. The van der Waals surface area contributed by atoms with E-state index in [2.05, 4.69) is 29.4 Å². The molecule has 0 radical (unpaired) electrons. The summed E-state index contributed by atoms with van der Waals surface area (Å²) in [7, 11) is 1.61. The Labute approximate surface area is 172 Å². The summed E-state index contributed by atoms with van der Waals surface area (Å²) in [5, 5.41) is 5.84. The van der Waals surface area contributed by atoms with Crippen molar-refractivity contribution < 1.29 is 14.3 Å². The van der Waals surface area contributed by atoms with Crippen LogP contribution in [-0.4, -0.2) is 32.0 Å². The summed E-state index contributed by atoms with van der Waals surface area (Å²) < 4.78 is 5.30. The van der Waals surface area contributed by atoms with Gasteiger partial charge in [0.25, 0.3) is 0 Å². The zero-order chi connectivity index (χ0) is 20.8. The predicted octanol–water partition coefficient (Wildman–Crippen LogP) is 3.43. The molecule has 6 heteroatoms. The highest BCUT2D eigenvalue weighted by atomic mass is 16.5. The van der Waals surface area contributed by atoms with Gasteiger partial charge in [-0.05, 0) is 50.6 Å². The summed E-state index contributed by atoms with van der Waals surface area (Å²) in [6.45, 7) is 6.50. The number of nitrogens with one attached hydrogen (secondary N) is 2. The Bertz CT molecular complexity index is 847. The maximum absolute atomic E-state index is 12.5. The molecular weight excluding hydrogens is 366 g/mol. The second kappa shape index (κ2) is 9.45. The van der Waals surface area contributed by atoms with Crippen LogP contribution in [0.1, 0.15) is 25.8 Å². The molecule has 154 valence electrons. The van der Waals surface area contributed by atoms with E-state index >= 15 is 0 Å².